The minimum Gasteiger partial charge on any atom is -0.508 e. The lowest BCUT2D eigenvalue weighted by Gasteiger charge is -2.33. The summed E-state index contributed by atoms with van der Waals surface area (Å²) in [5.41, 5.74) is 3.02. The fourth-order valence-electron chi connectivity index (χ4n) is 5.27. The molecule has 190 valence electrons. The molecule has 4 heterocycles. The Kier molecular flexibility index (Phi) is 5.42. The number of aromatic hydroxyl groups is 1. The Bertz CT molecular complexity index is 1680. The molecule has 2 aromatic carbocycles. The number of likely N-dealkylation sites (tertiary alicyclic amines) is 1. The van der Waals surface area contributed by atoms with E-state index in [4.69, 9.17) is 15.0 Å². The Morgan fingerprint density at radius 3 is 2.74 bits per heavy atom. The van der Waals surface area contributed by atoms with Gasteiger partial charge >= 0.3 is 0 Å². The maximum absolute atomic E-state index is 12.6. The molecule has 1 atom stereocenters. The third-order valence-corrected chi connectivity index (χ3v) is 7.33. The van der Waals surface area contributed by atoms with Crippen molar-refractivity contribution < 1.29 is 9.90 Å². The second-order valence-corrected chi connectivity index (χ2v) is 10.1. The Morgan fingerprint density at radius 1 is 0.947 bits per heavy atom. The molecule has 0 spiro atoms. The lowest BCUT2D eigenvalue weighted by atomic mass is 10.1. The summed E-state index contributed by atoms with van der Waals surface area (Å²) in [7, 11) is 0. The number of hydrogen-bond acceptors (Lipinski definition) is 7. The first kappa shape index (κ1) is 22.7. The summed E-state index contributed by atoms with van der Waals surface area (Å²) in [6.45, 7) is 1.48. The normalized spacial score (nSPS) is 17.7. The maximum atomic E-state index is 12.6. The molecular weight excluding hydrogens is 478 g/mol. The summed E-state index contributed by atoms with van der Waals surface area (Å²) in [5.74, 6) is 2.38. The van der Waals surface area contributed by atoms with E-state index >= 15 is 0 Å². The van der Waals surface area contributed by atoms with Gasteiger partial charge in [0, 0.05) is 42.7 Å². The van der Waals surface area contributed by atoms with Crippen LogP contribution in [0.15, 0.2) is 66.9 Å². The molecule has 2 N–H and O–H groups in total. The van der Waals surface area contributed by atoms with Crippen LogP contribution in [0.2, 0.25) is 0 Å². The highest BCUT2D eigenvalue weighted by molar-refractivity contribution is 5.86. The smallest absolute Gasteiger partial charge is 0.225 e. The van der Waals surface area contributed by atoms with Gasteiger partial charge in [-0.15, -0.1) is 0 Å². The highest BCUT2D eigenvalue weighted by atomic mass is 16.3. The van der Waals surface area contributed by atoms with Crippen LogP contribution in [0.5, 0.6) is 5.75 Å². The van der Waals surface area contributed by atoms with Gasteiger partial charge in [-0.2, -0.15) is 4.98 Å². The molecule has 0 bridgehead atoms. The van der Waals surface area contributed by atoms with Gasteiger partial charge in [0.05, 0.1) is 16.6 Å². The van der Waals surface area contributed by atoms with Gasteiger partial charge in [0.1, 0.15) is 17.3 Å². The summed E-state index contributed by atoms with van der Waals surface area (Å²) in [5, 5.41) is 14.8. The molecule has 2 aliphatic rings. The van der Waals surface area contributed by atoms with Gasteiger partial charge in [-0.25, -0.2) is 15.0 Å². The van der Waals surface area contributed by atoms with Gasteiger partial charge in [-0.1, -0.05) is 24.3 Å². The quantitative estimate of drug-likeness (QED) is 0.361. The molecule has 38 heavy (non-hydrogen) atoms. The number of aromatic nitrogens is 5. The van der Waals surface area contributed by atoms with Gasteiger partial charge in [0.2, 0.25) is 11.9 Å². The number of phenolic OH excluding ortho intramolecular Hbond substituents is 1. The molecule has 7 rings (SSSR count). The van der Waals surface area contributed by atoms with Gasteiger partial charge in [0.15, 0.2) is 5.82 Å². The average Bonchev–Trinajstić information content (AvgIpc) is 3.73. The van der Waals surface area contributed by atoms with Crippen LogP contribution in [0.4, 0.5) is 5.95 Å². The SMILES string of the molecule is O=C(C1CC1)N1CCC[C@H](Nc2nccc(-n3c(-c4ccc5ccccc5n4)nc4ccc(O)cc43)n2)C1. The van der Waals surface area contributed by atoms with Gasteiger partial charge in [-0.05, 0) is 56.0 Å². The fourth-order valence-corrected chi connectivity index (χ4v) is 5.27. The topological polar surface area (TPSA) is 109 Å². The fraction of sp³-hybridized carbons (Fsp3) is 0.276. The number of benzene rings is 2. The number of carbonyl (C=O) groups excluding carboxylic acids is 1. The van der Waals surface area contributed by atoms with Gasteiger partial charge in [-0.3, -0.25) is 9.36 Å². The van der Waals surface area contributed by atoms with E-state index in [1.165, 1.54) is 0 Å². The molecule has 1 aliphatic carbocycles. The highest BCUT2D eigenvalue weighted by Crippen LogP contribution is 2.33. The molecule has 9 heteroatoms. The number of fused-ring (bicyclic) bond motifs is 2. The Balaban J connectivity index is 1.26. The first-order chi connectivity index (χ1) is 18.6. The van der Waals surface area contributed by atoms with Crippen molar-refractivity contribution in [1.29, 1.82) is 0 Å². The molecular formula is C29H27N7O2. The molecule has 0 radical (unpaired) electrons. The maximum Gasteiger partial charge on any atom is 0.225 e. The minimum atomic E-state index is 0.0897. The standard InChI is InChI=1S/C29H27N7O2/c37-21-10-12-23-25(16-21)36(27(33-23)24-11-9-18-4-1-2-6-22(18)32-24)26-13-14-30-29(34-26)31-20-5-3-15-35(17-20)28(38)19-7-8-19/h1-2,4,6,9-14,16,19-20,37H,3,5,7-8,15,17H2,(H,30,31,34)/t20-/m0/s1. The van der Waals surface area contributed by atoms with Crippen LogP contribution in [-0.4, -0.2) is 59.5 Å². The monoisotopic (exact) mass is 505 g/mol. The van der Waals surface area contributed by atoms with Crippen molar-refractivity contribution in [2.75, 3.05) is 18.4 Å². The molecule has 5 aromatic rings. The van der Waals surface area contributed by atoms with E-state index in [1.54, 1.807) is 24.4 Å². The number of pyridine rings is 1. The van der Waals surface area contributed by atoms with Crippen LogP contribution >= 0.6 is 0 Å². The molecule has 1 saturated carbocycles. The van der Waals surface area contributed by atoms with Crippen molar-refractivity contribution in [3.63, 3.8) is 0 Å². The molecule has 2 fully saturated rings. The van der Waals surface area contributed by atoms with Crippen LogP contribution in [0, 0.1) is 5.92 Å². The number of hydrogen-bond donors (Lipinski definition) is 2. The Hall–Kier alpha value is -4.53. The summed E-state index contributed by atoms with van der Waals surface area (Å²) >= 11 is 0. The summed E-state index contributed by atoms with van der Waals surface area (Å²) in [6, 6.07) is 19.0. The van der Waals surface area contributed by atoms with Crippen LogP contribution in [0.25, 0.3) is 39.3 Å². The van der Waals surface area contributed by atoms with E-state index in [0.29, 0.717) is 29.8 Å². The first-order valence-electron chi connectivity index (χ1n) is 13.1. The third-order valence-electron chi connectivity index (χ3n) is 7.33. The number of phenols is 1. The second kappa shape index (κ2) is 9.09. The third kappa shape index (κ3) is 4.19. The van der Waals surface area contributed by atoms with Crippen molar-refractivity contribution in [2.45, 2.75) is 31.7 Å². The van der Waals surface area contributed by atoms with E-state index in [-0.39, 0.29) is 23.6 Å². The number of imidazole rings is 1. The number of amides is 1. The second-order valence-electron chi connectivity index (χ2n) is 10.1. The summed E-state index contributed by atoms with van der Waals surface area (Å²) < 4.78 is 1.91. The first-order valence-corrected chi connectivity index (χ1v) is 13.1. The number of rotatable bonds is 5. The van der Waals surface area contributed by atoms with E-state index in [9.17, 15) is 9.90 Å². The predicted octanol–water partition coefficient (Wildman–Crippen LogP) is 4.55. The van der Waals surface area contributed by atoms with E-state index in [1.807, 2.05) is 51.9 Å². The van der Waals surface area contributed by atoms with E-state index in [0.717, 1.165) is 54.2 Å². The zero-order valence-corrected chi connectivity index (χ0v) is 20.8. The number of para-hydroxylation sites is 1. The Labute approximate surface area is 219 Å². The van der Waals surface area contributed by atoms with Crippen LogP contribution < -0.4 is 5.32 Å². The summed E-state index contributed by atoms with van der Waals surface area (Å²) in [6.07, 6.45) is 5.66. The zero-order chi connectivity index (χ0) is 25.6. The number of piperidine rings is 1. The van der Waals surface area contributed by atoms with Crippen molar-refractivity contribution in [3.05, 3.63) is 66.9 Å². The van der Waals surface area contributed by atoms with Gasteiger partial charge < -0.3 is 15.3 Å². The van der Waals surface area contributed by atoms with Crippen molar-refractivity contribution in [1.82, 2.24) is 29.4 Å². The van der Waals surface area contributed by atoms with Crippen molar-refractivity contribution in [3.8, 4) is 23.1 Å². The Morgan fingerprint density at radius 2 is 1.84 bits per heavy atom. The number of nitrogens with zero attached hydrogens (tertiary/aromatic N) is 6. The number of anilines is 1. The van der Waals surface area contributed by atoms with E-state index < -0.39 is 0 Å². The van der Waals surface area contributed by atoms with Crippen LogP contribution in [0.3, 0.4) is 0 Å². The average molecular weight is 506 g/mol. The molecule has 9 nitrogen and oxygen atoms in total. The number of nitrogens with one attached hydrogen (secondary N) is 1. The summed E-state index contributed by atoms with van der Waals surface area (Å²) in [4.78, 5) is 33.6. The van der Waals surface area contributed by atoms with Gasteiger partial charge in [0.25, 0.3) is 0 Å². The lowest BCUT2D eigenvalue weighted by Crippen LogP contribution is -2.45. The molecule has 3 aromatic heterocycles. The van der Waals surface area contributed by atoms with Crippen molar-refractivity contribution in [2.24, 2.45) is 5.92 Å². The number of carbonyl (C=O) groups is 1. The van der Waals surface area contributed by atoms with E-state index in [2.05, 4.69) is 10.3 Å². The molecule has 1 aliphatic heterocycles. The predicted molar refractivity (Wildman–Crippen MR) is 145 cm³/mol. The molecule has 1 saturated heterocycles. The largest absolute Gasteiger partial charge is 0.508 e. The molecule has 1 amide bonds. The highest BCUT2D eigenvalue weighted by Gasteiger charge is 2.35. The van der Waals surface area contributed by atoms with Crippen LogP contribution in [0.1, 0.15) is 25.7 Å². The van der Waals surface area contributed by atoms with Crippen LogP contribution in [-0.2, 0) is 4.79 Å². The zero-order valence-electron chi connectivity index (χ0n) is 20.8. The lowest BCUT2D eigenvalue weighted by molar-refractivity contribution is -0.133. The molecule has 0 unspecified atom stereocenters. The van der Waals surface area contributed by atoms with Crippen molar-refractivity contribution >= 4 is 33.8 Å². The minimum absolute atomic E-state index is 0.0897.